The van der Waals surface area contributed by atoms with Crippen LogP contribution in [0.15, 0.2) is 21.4 Å². The van der Waals surface area contributed by atoms with Crippen LogP contribution in [0.4, 0.5) is 0 Å². The van der Waals surface area contributed by atoms with Crippen molar-refractivity contribution in [1.82, 2.24) is 15.3 Å². The van der Waals surface area contributed by atoms with Gasteiger partial charge in [0.05, 0.1) is 0 Å². The zero-order valence-electron chi connectivity index (χ0n) is 8.08. The van der Waals surface area contributed by atoms with Crippen molar-refractivity contribution in [3.8, 4) is 11.5 Å². The van der Waals surface area contributed by atoms with Crippen LogP contribution in [0.2, 0.25) is 0 Å². The summed E-state index contributed by atoms with van der Waals surface area (Å²) in [6, 6.07) is 1.67. The lowest BCUT2D eigenvalue weighted by molar-refractivity contribution is 0.371. The maximum Gasteiger partial charge on any atom is 0.228 e. The van der Waals surface area contributed by atoms with E-state index >= 15 is 0 Å². The molecular formula is C8H11ClN4O2. The van der Waals surface area contributed by atoms with Crippen LogP contribution in [0, 0.1) is 0 Å². The molecule has 0 amide bonds. The van der Waals surface area contributed by atoms with E-state index in [9.17, 15) is 0 Å². The second kappa shape index (κ2) is 4.90. The van der Waals surface area contributed by atoms with Gasteiger partial charge in [0, 0.05) is 18.5 Å². The highest BCUT2D eigenvalue weighted by Crippen LogP contribution is 2.12. The highest BCUT2D eigenvalue weighted by molar-refractivity contribution is 5.85. The molecule has 0 aliphatic carbocycles. The van der Waals surface area contributed by atoms with Gasteiger partial charge in [-0.05, 0) is 6.92 Å². The Morgan fingerprint density at radius 1 is 1.47 bits per heavy atom. The average molecular weight is 231 g/mol. The Balaban J connectivity index is 0.00000112. The minimum absolute atomic E-state index is 0. The number of hydrogen-bond donors (Lipinski definition) is 1. The molecule has 0 aromatic carbocycles. The van der Waals surface area contributed by atoms with Gasteiger partial charge in [0.25, 0.3) is 0 Å². The molecule has 7 heteroatoms. The third kappa shape index (κ3) is 2.77. The fourth-order valence-corrected chi connectivity index (χ4v) is 1.05. The van der Waals surface area contributed by atoms with Crippen LogP contribution in [-0.2, 0) is 6.42 Å². The first kappa shape index (κ1) is 11.7. The molecule has 2 heterocycles. The van der Waals surface area contributed by atoms with E-state index in [1.54, 1.807) is 6.07 Å². The molecule has 0 aliphatic rings. The van der Waals surface area contributed by atoms with E-state index in [-0.39, 0.29) is 18.4 Å². The molecule has 1 unspecified atom stereocenters. The molecule has 2 N–H and O–H groups in total. The van der Waals surface area contributed by atoms with E-state index in [2.05, 4.69) is 19.8 Å². The normalized spacial score (nSPS) is 12.1. The maximum absolute atomic E-state index is 5.59. The third-order valence-corrected chi connectivity index (χ3v) is 1.63. The van der Waals surface area contributed by atoms with Gasteiger partial charge in [0.15, 0.2) is 5.69 Å². The standard InChI is InChI=1S/C8H10N4O2.ClH/c1-5(9)4-7-10-8(12-14-7)6-2-3-13-11-6;/h2-3,5H,4,9H2,1H3;1H. The molecule has 0 fully saturated rings. The first-order chi connectivity index (χ1) is 6.75. The molecule has 0 spiro atoms. The Hall–Kier alpha value is -1.40. The Kier molecular flexibility index (Phi) is 3.81. The molecular weight excluding hydrogens is 220 g/mol. The van der Waals surface area contributed by atoms with Crippen LogP contribution in [-0.4, -0.2) is 21.3 Å². The van der Waals surface area contributed by atoms with Crippen molar-refractivity contribution in [1.29, 1.82) is 0 Å². The van der Waals surface area contributed by atoms with Gasteiger partial charge >= 0.3 is 0 Å². The molecule has 0 saturated heterocycles. The van der Waals surface area contributed by atoms with Crippen molar-refractivity contribution in [3.63, 3.8) is 0 Å². The van der Waals surface area contributed by atoms with Gasteiger partial charge in [-0.3, -0.25) is 0 Å². The van der Waals surface area contributed by atoms with Crippen LogP contribution in [0.5, 0.6) is 0 Å². The Morgan fingerprint density at radius 3 is 2.87 bits per heavy atom. The Morgan fingerprint density at radius 2 is 2.27 bits per heavy atom. The molecule has 2 aromatic rings. The van der Waals surface area contributed by atoms with E-state index in [0.717, 1.165) is 0 Å². The smallest absolute Gasteiger partial charge is 0.228 e. The lowest BCUT2D eigenvalue weighted by atomic mass is 10.2. The summed E-state index contributed by atoms with van der Waals surface area (Å²) in [6.45, 7) is 1.87. The second-order valence-corrected chi connectivity index (χ2v) is 3.08. The lowest BCUT2D eigenvalue weighted by Crippen LogP contribution is -2.17. The molecule has 82 valence electrons. The predicted molar refractivity (Wildman–Crippen MR) is 54.4 cm³/mol. The van der Waals surface area contributed by atoms with Crippen LogP contribution in [0.25, 0.3) is 11.5 Å². The summed E-state index contributed by atoms with van der Waals surface area (Å²) in [7, 11) is 0. The van der Waals surface area contributed by atoms with E-state index in [4.69, 9.17) is 10.3 Å². The van der Waals surface area contributed by atoms with Crippen LogP contribution in [0.1, 0.15) is 12.8 Å². The monoisotopic (exact) mass is 230 g/mol. The summed E-state index contributed by atoms with van der Waals surface area (Å²) in [5.74, 6) is 0.937. The molecule has 0 aliphatic heterocycles. The van der Waals surface area contributed by atoms with E-state index in [1.807, 2.05) is 6.92 Å². The number of aromatic nitrogens is 3. The van der Waals surface area contributed by atoms with Crippen molar-refractivity contribution < 1.29 is 9.05 Å². The van der Waals surface area contributed by atoms with E-state index < -0.39 is 0 Å². The highest BCUT2D eigenvalue weighted by Gasteiger charge is 2.11. The molecule has 2 aromatic heterocycles. The quantitative estimate of drug-likeness (QED) is 0.847. The fourth-order valence-electron chi connectivity index (χ4n) is 1.05. The minimum Gasteiger partial charge on any atom is -0.364 e. The van der Waals surface area contributed by atoms with Gasteiger partial charge in [0.2, 0.25) is 11.7 Å². The van der Waals surface area contributed by atoms with Crippen molar-refractivity contribution in [2.45, 2.75) is 19.4 Å². The zero-order chi connectivity index (χ0) is 9.97. The Labute approximate surface area is 92.2 Å². The Bertz CT molecular complexity index is 398. The third-order valence-electron chi connectivity index (χ3n) is 1.63. The van der Waals surface area contributed by atoms with Crippen LogP contribution >= 0.6 is 12.4 Å². The number of halogens is 1. The van der Waals surface area contributed by atoms with Crippen molar-refractivity contribution in [2.75, 3.05) is 0 Å². The van der Waals surface area contributed by atoms with Gasteiger partial charge in [-0.1, -0.05) is 10.3 Å². The lowest BCUT2D eigenvalue weighted by Gasteiger charge is -1.96. The van der Waals surface area contributed by atoms with Gasteiger partial charge in [-0.2, -0.15) is 4.98 Å². The maximum atomic E-state index is 5.59. The fraction of sp³-hybridized carbons (Fsp3) is 0.375. The summed E-state index contributed by atoms with van der Waals surface area (Å²) >= 11 is 0. The minimum atomic E-state index is 0. The molecule has 2 rings (SSSR count). The van der Waals surface area contributed by atoms with Crippen molar-refractivity contribution >= 4 is 12.4 Å². The summed E-state index contributed by atoms with van der Waals surface area (Å²) in [6.07, 6.45) is 2.02. The summed E-state index contributed by atoms with van der Waals surface area (Å²) < 4.78 is 9.64. The summed E-state index contributed by atoms with van der Waals surface area (Å²) in [5, 5.41) is 7.44. The topological polar surface area (TPSA) is 91.0 Å². The first-order valence-corrected chi connectivity index (χ1v) is 4.24. The number of rotatable bonds is 3. The molecule has 15 heavy (non-hydrogen) atoms. The molecule has 0 bridgehead atoms. The second-order valence-electron chi connectivity index (χ2n) is 3.08. The number of nitrogens with zero attached hydrogens (tertiary/aromatic N) is 3. The van der Waals surface area contributed by atoms with E-state index in [0.29, 0.717) is 23.8 Å². The SMILES string of the molecule is CC(N)Cc1nc(-c2ccon2)no1.Cl. The van der Waals surface area contributed by atoms with Crippen molar-refractivity contribution in [2.24, 2.45) is 5.73 Å². The van der Waals surface area contributed by atoms with Crippen molar-refractivity contribution in [3.05, 3.63) is 18.2 Å². The largest absolute Gasteiger partial charge is 0.364 e. The summed E-state index contributed by atoms with van der Waals surface area (Å²) in [4.78, 5) is 4.11. The van der Waals surface area contributed by atoms with Gasteiger partial charge < -0.3 is 14.8 Å². The first-order valence-electron chi connectivity index (χ1n) is 4.24. The van der Waals surface area contributed by atoms with Gasteiger partial charge in [-0.25, -0.2) is 0 Å². The van der Waals surface area contributed by atoms with Gasteiger partial charge in [-0.15, -0.1) is 12.4 Å². The molecule has 0 saturated carbocycles. The molecule has 1 atom stereocenters. The van der Waals surface area contributed by atoms with E-state index in [1.165, 1.54) is 6.26 Å². The zero-order valence-corrected chi connectivity index (χ0v) is 8.90. The highest BCUT2D eigenvalue weighted by atomic mass is 35.5. The summed E-state index contributed by atoms with van der Waals surface area (Å²) in [5.41, 5.74) is 6.15. The predicted octanol–water partition coefficient (Wildman–Crippen LogP) is 1.04. The molecule has 0 radical (unpaired) electrons. The molecule has 6 nitrogen and oxygen atoms in total. The number of hydrogen-bond acceptors (Lipinski definition) is 6. The van der Waals surface area contributed by atoms with Crippen LogP contribution < -0.4 is 5.73 Å². The average Bonchev–Trinajstić information content (AvgIpc) is 2.69. The van der Waals surface area contributed by atoms with Gasteiger partial charge in [0.1, 0.15) is 6.26 Å². The van der Waals surface area contributed by atoms with Crippen LogP contribution in [0.3, 0.4) is 0 Å². The number of nitrogens with two attached hydrogens (primary N) is 1.